The SMILES string of the molecule is C/C=C/C=C/C(=O)N1CCC(NC(=O)Nc2ccc(F)cc2)C1. The van der Waals surface area contributed by atoms with Gasteiger partial charge in [0.05, 0.1) is 0 Å². The summed E-state index contributed by atoms with van der Waals surface area (Å²) in [5.41, 5.74) is 0.518. The number of anilines is 1. The zero-order valence-electron chi connectivity index (χ0n) is 13.0. The van der Waals surface area contributed by atoms with E-state index in [0.717, 1.165) is 0 Å². The molecule has 1 aliphatic rings. The van der Waals surface area contributed by atoms with Crippen LogP contribution < -0.4 is 10.6 Å². The zero-order chi connectivity index (χ0) is 16.7. The zero-order valence-corrected chi connectivity index (χ0v) is 13.0. The molecule has 0 spiro atoms. The maximum Gasteiger partial charge on any atom is 0.319 e. The van der Waals surface area contributed by atoms with Crippen molar-refractivity contribution in [3.05, 3.63) is 54.4 Å². The molecule has 23 heavy (non-hydrogen) atoms. The van der Waals surface area contributed by atoms with Gasteiger partial charge >= 0.3 is 6.03 Å². The third-order valence-corrected chi connectivity index (χ3v) is 3.48. The van der Waals surface area contributed by atoms with Gasteiger partial charge in [-0.15, -0.1) is 0 Å². The van der Waals surface area contributed by atoms with Crippen molar-refractivity contribution in [3.63, 3.8) is 0 Å². The minimum Gasteiger partial charge on any atom is -0.337 e. The molecule has 0 bridgehead atoms. The molecule has 0 aliphatic carbocycles. The Labute approximate surface area is 134 Å². The largest absolute Gasteiger partial charge is 0.337 e. The van der Waals surface area contributed by atoms with E-state index in [1.807, 2.05) is 13.0 Å². The molecule has 0 saturated carbocycles. The van der Waals surface area contributed by atoms with Crippen LogP contribution in [0.3, 0.4) is 0 Å². The second-order valence-electron chi connectivity index (χ2n) is 5.26. The molecule has 1 fully saturated rings. The molecule has 0 radical (unpaired) electrons. The number of benzene rings is 1. The number of nitrogens with one attached hydrogen (secondary N) is 2. The third-order valence-electron chi connectivity index (χ3n) is 3.48. The van der Waals surface area contributed by atoms with Gasteiger partial charge in [0.1, 0.15) is 5.82 Å². The monoisotopic (exact) mass is 317 g/mol. The number of carbonyl (C=O) groups is 2. The van der Waals surface area contributed by atoms with Crippen LogP contribution in [0.2, 0.25) is 0 Å². The lowest BCUT2D eigenvalue weighted by molar-refractivity contribution is -0.125. The number of rotatable bonds is 4. The van der Waals surface area contributed by atoms with Gasteiger partial charge in [0.25, 0.3) is 0 Å². The van der Waals surface area contributed by atoms with Gasteiger partial charge in [-0.3, -0.25) is 4.79 Å². The molecule has 1 atom stereocenters. The molecule has 1 aromatic carbocycles. The van der Waals surface area contributed by atoms with Gasteiger partial charge < -0.3 is 15.5 Å². The Morgan fingerprint density at radius 1 is 1.26 bits per heavy atom. The average molecular weight is 317 g/mol. The molecule has 5 nitrogen and oxygen atoms in total. The second kappa shape index (κ2) is 8.12. The van der Waals surface area contributed by atoms with Crippen molar-refractivity contribution >= 4 is 17.6 Å². The lowest BCUT2D eigenvalue weighted by atomic mass is 10.3. The van der Waals surface area contributed by atoms with Crippen molar-refractivity contribution in [2.75, 3.05) is 18.4 Å². The van der Waals surface area contributed by atoms with Crippen LogP contribution in [0, 0.1) is 5.82 Å². The summed E-state index contributed by atoms with van der Waals surface area (Å²) in [5, 5.41) is 5.46. The Hall–Kier alpha value is -2.63. The van der Waals surface area contributed by atoms with Crippen LogP contribution in [0.1, 0.15) is 13.3 Å². The van der Waals surface area contributed by atoms with E-state index in [1.54, 1.807) is 17.1 Å². The molecule has 0 aromatic heterocycles. The van der Waals surface area contributed by atoms with Crippen molar-refractivity contribution in [3.8, 4) is 0 Å². The lowest BCUT2D eigenvalue weighted by Crippen LogP contribution is -2.40. The molecule has 6 heteroatoms. The Balaban J connectivity index is 1.79. The number of halogens is 1. The van der Waals surface area contributed by atoms with Gasteiger partial charge in [-0.05, 0) is 37.6 Å². The van der Waals surface area contributed by atoms with Crippen LogP contribution in [0.4, 0.5) is 14.9 Å². The van der Waals surface area contributed by atoms with E-state index in [4.69, 9.17) is 0 Å². The van der Waals surface area contributed by atoms with E-state index in [1.165, 1.54) is 30.3 Å². The summed E-state index contributed by atoms with van der Waals surface area (Å²) >= 11 is 0. The summed E-state index contributed by atoms with van der Waals surface area (Å²) in [7, 11) is 0. The number of carbonyl (C=O) groups excluding carboxylic acids is 2. The number of hydrogen-bond donors (Lipinski definition) is 2. The summed E-state index contributed by atoms with van der Waals surface area (Å²) < 4.78 is 12.8. The Morgan fingerprint density at radius 2 is 2.00 bits per heavy atom. The van der Waals surface area contributed by atoms with Crippen molar-refractivity contribution in [2.24, 2.45) is 0 Å². The summed E-state index contributed by atoms with van der Waals surface area (Å²) in [4.78, 5) is 25.5. The highest BCUT2D eigenvalue weighted by Crippen LogP contribution is 2.11. The first-order valence-electron chi connectivity index (χ1n) is 7.50. The number of hydrogen-bond acceptors (Lipinski definition) is 2. The Bertz CT molecular complexity index is 611. The first-order chi connectivity index (χ1) is 11.1. The van der Waals surface area contributed by atoms with Gasteiger partial charge in [-0.1, -0.05) is 18.2 Å². The van der Waals surface area contributed by atoms with Gasteiger partial charge in [-0.25, -0.2) is 9.18 Å². The number of urea groups is 1. The van der Waals surface area contributed by atoms with Crippen molar-refractivity contribution in [2.45, 2.75) is 19.4 Å². The quantitative estimate of drug-likeness (QED) is 0.662. The molecule has 2 N–H and O–H groups in total. The minimum absolute atomic E-state index is 0.0636. The number of likely N-dealkylation sites (tertiary alicyclic amines) is 1. The van der Waals surface area contributed by atoms with Gasteiger partial charge in [-0.2, -0.15) is 0 Å². The predicted octanol–water partition coefficient (Wildman–Crippen LogP) is 2.68. The van der Waals surface area contributed by atoms with Crippen LogP contribution in [0.15, 0.2) is 48.6 Å². The topological polar surface area (TPSA) is 61.4 Å². The van der Waals surface area contributed by atoms with E-state index < -0.39 is 0 Å². The highest BCUT2D eigenvalue weighted by molar-refractivity contribution is 5.90. The van der Waals surface area contributed by atoms with E-state index in [0.29, 0.717) is 25.2 Å². The molecule has 2 rings (SSSR count). The van der Waals surface area contributed by atoms with Crippen molar-refractivity contribution in [1.29, 1.82) is 0 Å². The normalized spacial score (nSPS) is 17.8. The maximum atomic E-state index is 12.8. The highest BCUT2D eigenvalue weighted by atomic mass is 19.1. The molecule has 3 amide bonds. The van der Waals surface area contributed by atoms with Crippen molar-refractivity contribution < 1.29 is 14.0 Å². The van der Waals surface area contributed by atoms with Crippen LogP contribution in [-0.4, -0.2) is 36.0 Å². The molecular weight excluding hydrogens is 297 g/mol. The second-order valence-corrected chi connectivity index (χ2v) is 5.26. The van der Waals surface area contributed by atoms with Gasteiger partial charge in [0.15, 0.2) is 0 Å². The van der Waals surface area contributed by atoms with Gasteiger partial charge in [0.2, 0.25) is 5.91 Å². The first-order valence-corrected chi connectivity index (χ1v) is 7.50. The molecule has 1 aliphatic heterocycles. The summed E-state index contributed by atoms with van der Waals surface area (Å²) in [6.07, 6.45) is 7.56. The smallest absolute Gasteiger partial charge is 0.319 e. The molecule has 1 aromatic rings. The molecule has 1 heterocycles. The van der Waals surface area contributed by atoms with E-state index in [2.05, 4.69) is 10.6 Å². The first kappa shape index (κ1) is 16.7. The summed E-state index contributed by atoms with van der Waals surface area (Å²) in [6.45, 7) is 2.97. The van der Waals surface area contributed by atoms with Crippen LogP contribution in [0.5, 0.6) is 0 Å². The standard InChI is InChI=1S/C17H20FN3O2/c1-2-3-4-5-16(22)21-11-10-15(12-21)20-17(23)19-14-8-6-13(18)7-9-14/h2-9,15H,10-12H2,1H3,(H2,19,20,23)/b3-2+,5-4+. The number of allylic oxidation sites excluding steroid dienone is 3. The number of amides is 3. The maximum absolute atomic E-state index is 12.8. The Morgan fingerprint density at radius 3 is 2.70 bits per heavy atom. The fourth-order valence-electron chi connectivity index (χ4n) is 2.32. The van der Waals surface area contributed by atoms with E-state index in [-0.39, 0.29) is 23.8 Å². The van der Waals surface area contributed by atoms with E-state index in [9.17, 15) is 14.0 Å². The van der Waals surface area contributed by atoms with Crippen LogP contribution in [0.25, 0.3) is 0 Å². The average Bonchev–Trinajstić information content (AvgIpc) is 2.98. The predicted molar refractivity (Wildman–Crippen MR) is 87.5 cm³/mol. The van der Waals surface area contributed by atoms with E-state index >= 15 is 0 Å². The summed E-state index contributed by atoms with van der Waals surface area (Å²) in [6, 6.07) is 5.09. The molecule has 1 unspecified atom stereocenters. The van der Waals surface area contributed by atoms with Gasteiger partial charge in [0, 0.05) is 30.9 Å². The van der Waals surface area contributed by atoms with Crippen molar-refractivity contribution in [1.82, 2.24) is 10.2 Å². The summed E-state index contributed by atoms with van der Waals surface area (Å²) in [5.74, 6) is -0.418. The molecule has 1 saturated heterocycles. The molecule has 122 valence electrons. The van der Waals surface area contributed by atoms with Crippen LogP contribution >= 0.6 is 0 Å². The fourth-order valence-corrected chi connectivity index (χ4v) is 2.32. The molecular formula is C17H20FN3O2. The fraction of sp³-hybridized carbons (Fsp3) is 0.294. The number of nitrogens with zero attached hydrogens (tertiary/aromatic N) is 1. The lowest BCUT2D eigenvalue weighted by Gasteiger charge is -2.15. The third kappa shape index (κ3) is 5.25. The highest BCUT2D eigenvalue weighted by Gasteiger charge is 2.26. The minimum atomic E-state index is -0.361. The Kier molecular flexibility index (Phi) is 5.91. The van der Waals surface area contributed by atoms with Crippen LogP contribution in [-0.2, 0) is 4.79 Å².